The number of nitrogens with zero attached hydrogens (tertiary/aromatic N) is 4. The van der Waals surface area contributed by atoms with Crippen molar-refractivity contribution in [3.8, 4) is 6.01 Å². The van der Waals surface area contributed by atoms with Crippen molar-refractivity contribution in [3.63, 3.8) is 0 Å². The van der Waals surface area contributed by atoms with Gasteiger partial charge in [-0.1, -0.05) is 13.0 Å². The molecule has 0 amide bonds. The lowest BCUT2D eigenvalue weighted by molar-refractivity contribution is 0.274. The molecule has 0 saturated heterocycles. The van der Waals surface area contributed by atoms with Gasteiger partial charge >= 0.3 is 6.01 Å². The largest absolute Gasteiger partial charge is 0.456 e. The van der Waals surface area contributed by atoms with Gasteiger partial charge in [-0.3, -0.25) is 9.67 Å². The molecule has 0 aliphatic rings. The van der Waals surface area contributed by atoms with E-state index in [1.807, 2.05) is 12.1 Å². The van der Waals surface area contributed by atoms with E-state index in [9.17, 15) is 0 Å². The molecule has 6 heteroatoms. The number of rotatable bonds is 6. The molecular formula is C12H17N5O. The normalized spacial score (nSPS) is 10.6. The average molecular weight is 247 g/mol. The van der Waals surface area contributed by atoms with Crippen molar-refractivity contribution in [3.05, 3.63) is 35.9 Å². The van der Waals surface area contributed by atoms with Gasteiger partial charge in [0, 0.05) is 19.8 Å². The first-order chi connectivity index (χ1) is 8.79. The van der Waals surface area contributed by atoms with Crippen molar-refractivity contribution in [2.24, 2.45) is 7.05 Å². The van der Waals surface area contributed by atoms with Crippen molar-refractivity contribution < 1.29 is 4.74 Å². The van der Waals surface area contributed by atoms with Crippen LogP contribution < -0.4 is 10.1 Å². The first-order valence-corrected chi connectivity index (χ1v) is 5.91. The number of pyridine rings is 1. The van der Waals surface area contributed by atoms with Gasteiger partial charge in [0.2, 0.25) is 0 Å². The first kappa shape index (κ1) is 12.5. The lowest BCUT2D eigenvalue weighted by Crippen LogP contribution is -2.14. The third kappa shape index (κ3) is 3.27. The second kappa shape index (κ2) is 6.11. The molecule has 96 valence electrons. The molecule has 0 saturated carbocycles. The number of nitrogens with one attached hydrogen (secondary N) is 1. The Labute approximate surface area is 106 Å². The minimum atomic E-state index is 0.373. The Morgan fingerprint density at radius 1 is 1.39 bits per heavy atom. The van der Waals surface area contributed by atoms with Crippen molar-refractivity contribution in [1.82, 2.24) is 25.1 Å². The van der Waals surface area contributed by atoms with E-state index >= 15 is 0 Å². The molecule has 2 heterocycles. The summed E-state index contributed by atoms with van der Waals surface area (Å²) in [5.41, 5.74) is 2.04. The van der Waals surface area contributed by atoms with Crippen molar-refractivity contribution in [1.29, 1.82) is 0 Å². The summed E-state index contributed by atoms with van der Waals surface area (Å²) in [6, 6.07) is 4.34. The summed E-state index contributed by atoms with van der Waals surface area (Å²) in [5, 5.41) is 7.33. The molecule has 2 rings (SSSR count). The topological polar surface area (TPSA) is 64.9 Å². The van der Waals surface area contributed by atoms with Crippen LogP contribution in [0.1, 0.15) is 18.2 Å². The number of aryl methyl sites for hydroxylation is 1. The zero-order valence-corrected chi connectivity index (χ0v) is 10.6. The Hall–Kier alpha value is -1.95. The molecule has 0 aromatic carbocycles. The third-order valence-electron chi connectivity index (χ3n) is 2.47. The minimum Gasteiger partial charge on any atom is -0.456 e. The first-order valence-electron chi connectivity index (χ1n) is 5.91. The molecule has 0 aliphatic heterocycles. The standard InChI is InChI=1S/C12H17N5O/c1-3-13-7-10-5-4-6-14-11(10)8-18-12-15-9-17(2)16-12/h4-6,9,13H,3,7-8H2,1-2H3. The highest BCUT2D eigenvalue weighted by Gasteiger charge is 2.05. The second-order valence-corrected chi connectivity index (χ2v) is 3.88. The molecule has 6 nitrogen and oxygen atoms in total. The maximum atomic E-state index is 5.50. The fourth-order valence-corrected chi connectivity index (χ4v) is 1.54. The minimum absolute atomic E-state index is 0.373. The summed E-state index contributed by atoms with van der Waals surface area (Å²) in [6.07, 6.45) is 3.37. The van der Waals surface area contributed by atoms with E-state index in [0.717, 1.165) is 24.3 Å². The molecule has 0 unspecified atom stereocenters. The van der Waals surface area contributed by atoms with Crippen LogP contribution >= 0.6 is 0 Å². The predicted molar refractivity (Wildman–Crippen MR) is 67.0 cm³/mol. The van der Waals surface area contributed by atoms with Crippen LogP contribution in [-0.4, -0.2) is 26.3 Å². The number of aromatic nitrogens is 4. The lowest BCUT2D eigenvalue weighted by Gasteiger charge is -2.08. The smallest absolute Gasteiger partial charge is 0.335 e. The Kier molecular flexibility index (Phi) is 4.25. The van der Waals surface area contributed by atoms with Gasteiger partial charge in [-0.05, 0) is 18.2 Å². The van der Waals surface area contributed by atoms with Gasteiger partial charge in [-0.2, -0.15) is 4.98 Å². The zero-order chi connectivity index (χ0) is 12.8. The van der Waals surface area contributed by atoms with Crippen molar-refractivity contribution in [2.45, 2.75) is 20.1 Å². The van der Waals surface area contributed by atoms with Crippen LogP contribution in [0.25, 0.3) is 0 Å². The van der Waals surface area contributed by atoms with Crippen molar-refractivity contribution >= 4 is 0 Å². The summed E-state index contributed by atoms with van der Waals surface area (Å²) in [6.45, 7) is 4.17. The van der Waals surface area contributed by atoms with Gasteiger partial charge in [0.1, 0.15) is 12.9 Å². The third-order valence-corrected chi connectivity index (χ3v) is 2.47. The molecular weight excluding hydrogens is 230 g/mol. The predicted octanol–water partition coefficient (Wildman–Crippen LogP) is 0.899. The fraction of sp³-hybridized carbons (Fsp3) is 0.417. The summed E-state index contributed by atoms with van der Waals surface area (Å²) >= 11 is 0. The van der Waals surface area contributed by atoms with E-state index < -0.39 is 0 Å². The van der Waals surface area contributed by atoms with E-state index in [1.54, 1.807) is 24.3 Å². The summed E-state index contributed by atoms with van der Waals surface area (Å²) in [7, 11) is 1.80. The van der Waals surface area contributed by atoms with Gasteiger partial charge in [0.25, 0.3) is 0 Å². The quantitative estimate of drug-likeness (QED) is 0.821. The SMILES string of the molecule is CCNCc1cccnc1COc1ncn(C)n1. The van der Waals surface area contributed by atoms with Gasteiger partial charge < -0.3 is 10.1 Å². The number of ether oxygens (including phenoxy) is 1. The molecule has 1 N–H and O–H groups in total. The van der Waals surface area contributed by atoms with E-state index in [-0.39, 0.29) is 0 Å². The molecule has 0 atom stereocenters. The molecule has 0 bridgehead atoms. The van der Waals surface area contributed by atoms with Crippen LogP contribution in [0.3, 0.4) is 0 Å². The monoisotopic (exact) mass is 247 g/mol. The van der Waals surface area contributed by atoms with Crippen LogP contribution in [0.15, 0.2) is 24.7 Å². The number of hydrogen-bond acceptors (Lipinski definition) is 5. The highest BCUT2D eigenvalue weighted by molar-refractivity contribution is 5.19. The Morgan fingerprint density at radius 3 is 3.00 bits per heavy atom. The summed E-state index contributed by atoms with van der Waals surface area (Å²) < 4.78 is 7.10. The molecule has 0 spiro atoms. The van der Waals surface area contributed by atoms with Gasteiger partial charge in [0.05, 0.1) is 5.69 Å². The van der Waals surface area contributed by atoms with E-state index in [4.69, 9.17) is 4.74 Å². The van der Waals surface area contributed by atoms with Crippen LogP contribution in [0, 0.1) is 0 Å². The second-order valence-electron chi connectivity index (χ2n) is 3.88. The average Bonchev–Trinajstić information content (AvgIpc) is 2.81. The fourth-order valence-electron chi connectivity index (χ4n) is 1.54. The van der Waals surface area contributed by atoms with E-state index in [0.29, 0.717) is 12.6 Å². The summed E-state index contributed by atoms with van der Waals surface area (Å²) in [4.78, 5) is 8.34. The van der Waals surface area contributed by atoms with Crippen LogP contribution in [0.5, 0.6) is 6.01 Å². The van der Waals surface area contributed by atoms with Crippen LogP contribution in [0.4, 0.5) is 0 Å². The van der Waals surface area contributed by atoms with Gasteiger partial charge in [-0.15, -0.1) is 5.10 Å². The molecule has 2 aromatic heterocycles. The van der Waals surface area contributed by atoms with Crippen LogP contribution in [0.2, 0.25) is 0 Å². The lowest BCUT2D eigenvalue weighted by atomic mass is 10.2. The van der Waals surface area contributed by atoms with Crippen LogP contribution in [-0.2, 0) is 20.2 Å². The van der Waals surface area contributed by atoms with E-state index in [1.165, 1.54) is 0 Å². The van der Waals surface area contributed by atoms with E-state index in [2.05, 4.69) is 27.3 Å². The van der Waals surface area contributed by atoms with Gasteiger partial charge in [0.15, 0.2) is 0 Å². The summed E-state index contributed by atoms with van der Waals surface area (Å²) in [5.74, 6) is 0. The Balaban J connectivity index is 1.99. The maximum Gasteiger partial charge on any atom is 0.335 e. The maximum absolute atomic E-state index is 5.50. The Morgan fingerprint density at radius 2 is 2.28 bits per heavy atom. The zero-order valence-electron chi connectivity index (χ0n) is 10.6. The molecule has 18 heavy (non-hydrogen) atoms. The number of hydrogen-bond donors (Lipinski definition) is 1. The molecule has 0 aliphatic carbocycles. The Bertz CT molecular complexity index is 497. The molecule has 2 aromatic rings. The highest BCUT2D eigenvalue weighted by Crippen LogP contribution is 2.08. The van der Waals surface area contributed by atoms with Gasteiger partial charge in [-0.25, -0.2) is 0 Å². The molecule has 0 fully saturated rings. The highest BCUT2D eigenvalue weighted by atomic mass is 16.5. The molecule has 0 radical (unpaired) electrons. The van der Waals surface area contributed by atoms with Crippen molar-refractivity contribution in [2.75, 3.05) is 6.54 Å².